The summed E-state index contributed by atoms with van der Waals surface area (Å²) >= 11 is 0. The zero-order chi connectivity index (χ0) is 18.6. The van der Waals surface area contributed by atoms with Gasteiger partial charge in [-0.2, -0.15) is 0 Å². The Morgan fingerprint density at radius 2 is 2.23 bits per heavy atom. The maximum atomic E-state index is 13.3. The minimum atomic E-state index is -0.297. The van der Waals surface area contributed by atoms with Crippen LogP contribution in [-0.2, 0) is 6.54 Å². The number of aromatic nitrogens is 2. The molecule has 1 atom stereocenters. The molecule has 0 fully saturated rings. The minimum Gasteiger partial charge on any atom is -0.488 e. The van der Waals surface area contributed by atoms with Crippen LogP contribution in [0.15, 0.2) is 48.0 Å². The molecule has 0 aliphatic heterocycles. The lowest BCUT2D eigenvalue weighted by Crippen LogP contribution is -2.39. The normalized spacial score (nSPS) is 12.7. The summed E-state index contributed by atoms with van der Waals surface area (Å²) in [5.74, 6) is 0.999. The summed E-state index contributed by atoms with van der Waals surface area (Å²) in [5.41, 5.74) is 0. The summed E-state index contributed by atoms with van der Waals surface area (Å²) in [6.07, 6.45) is 7.21. The Hall–Kier alpha value is -2.57. The number of guanidine groups is 1. The average Bonchev–Trinajstić information content (AvgIpc) is 3.15. The molecule has 0 spiro atoms. The van der Waals surface area contributed by atoms with Gasteiger partial charge in [0, 0.05) is 38.1 Å². The molecule has 0 bridgehead atoms. The molecule has 1 aromatic heterocycles. The van der Waals surface area contributed by atoms with E-state index in [4.69, 9.17) is 4.74 Å². The Bertz CT molecular complexity index is 660. The highest BCUT2D eigenvalue weighted by molar-refractivity contribution is 5.79. The molecule has 0 radical (unpaired) electrons. The van der Waals surface area contributed by atoms with Crippen LogP contribution in [0.3, 0.4) is 0 Å². The molecule has 0 aliphatic carbocycles. The molecule has 2 rings (SSSR count). The van der Waals surface area contributed by atoms with E-state index in [0.717, 1.165) is 38.4 Å². The molecule has 0 amide bonds. The summed E-state index contributed by atoms with van der Waals surface area (Å²) < 4.78 is 21.2. The Morgan fingerprint density at radius 3 is 2.92 bits per heavy atom. The number of aryl methyl sites for hydroxylation is 1. The van der Waals surface area contributed by atoms with Gasteiger partial charge in [-0.05, 0) is 31.9 Å². The van der Waals surface area contributed by atoms with Crippen molar-refractivity contribution in [2.75, 3.05) is 19.6 Å². The number of imidazole rings is 1. The number of ether oxygens (including phenoxy) is 1. The second-order valence-corrected chi connectivity index (χ2v) is 5.91. The van der Waals surface area contributed by atoms with Gasteiger partial charge in [-0.1, -0.05) is 13.0 Å². The van der Waals surface area contributed by atoms with Crippen LogP contribution >= 0.6 is 0 Å². The van der Waals surface area contributed by atoms with Crippen LogP contribution in [0, 0.1) is 5.82 Å². The molecule has 1 heterocycles. The Morgan fingerprint density at radius 1 is 1.35 bits per heavy atom. The molecule has 0 saturated carbocycles. The Balaban J connectivity index is 1.81. The van der Waals surface area contributed by atoms with Crippen LogP contribution in [-0.4, -0.2) is 41.2 Å². The van der Waals surface area contributed by atoms with Crippen LogP contribution in [0.25, 0.3) is 0 Å². The molecule has 2 N–H and O–H groups in total. The lowest BCUT2D eigenvalue weighted by Gasteiger charge is -2.17. The highest BCUT2D eigenvalue weighted by atomic mass is 19.1. The van der Waals surface area contributed by atoms with E-state index in [1.807, 2.05) is 30.9 Å². The van der Waals surface area contributed by atoms with Crippen molar-refractivity contribution < 1.29 is 9.13 Å². The van der Waals surface area contributed by atoms with Crippen LogP contribution in [0.4, 0.5) is 4.39 Å². The average molecular weight is 361 g/mol. The minimum absolute atomic E-state index is 0.0989. The van der Waals surface area contributed by atoms with E-state index in [9.17, 15) is 4.39 Å². The summed E-state index contributed by atoms with van der Waals surface area (Å²) in [6, 6.07) is 6.20. The first kappa shape index (κ1) is 19.8. The predicted molar refractivity (Wildman–Crippen MR) is 102 cm³/mol. The molecule has 26 heavy (non-hydrogen) atoms. The number of aliphatic imine (C=N–C) groups is 1. The monoisotopic (exact) mass is 361 g/mol. The molecular weight excluding hydrogens is 333 g/mol. The van der Waals surface area contributed by atoms with Crippen molar-refractivity contribution in [2.24, 2.45) is 4.99 Å². The first-order valence-electron chi connectivity index (χ1n) is 9.11. The lowest BCUT2D eigenvalue weighted by atomic mass is 10.2. The summed E-state index contributed by atoms with van der Waals surface area (Å²) in [7, 11) is 0. The third-order valence-electron chi connectivity index (χ3n) is 3.80. The van der Waals surface area contributed by atoms with Crippen molar-refractivity contribution in [2.45, 2.75) is 39.3 Å². The van der Waals surface area contributed by atoms with E-state index in [1.165, 1.54) is 12.1 Å². The molecule has 0 aliphatic rings. The molecule has 0 saturated heterocycles. The maximum absolute atomic E-state index is 13.3. The predicted octanol–water partition coefficient (Wildman–Crippen LogP) is 2.83. The quantitative estimate of drug-likeness (QED) is 0.388. The number of benzene rings is 1. The first-order valence-corrected chi connectivity index (χ1v) is 9.11. The van der Waals surface area contributed by atoms with Crippen molar-refractivity contribution in [3.05, 3.63) is 48.8 Å². The van der Waals surface area contributed by atoms with E-state index in [2.05, 4.69) is 20.6 Å². The van der Waals surface area contributed by atoms with Gasteiger partial charge in [-0.3, -0.25) is 0 Å². The number of hydrogen-bond donors (Lipinski definition) is 2. The van der Waals surface area contributed by atoms with Gasteiger partial charge in [0.15, 0.2) is 5.96 Å². The highest BCUT2D eigenvalue weighted by Gasteiger charge is 2.09. The third kappa shape index (κ3) is 7.13. The number of halogens is 1. The van der Waals surface area contributed by atoms with Crippen LogP contribution < -0.4 is 15.4 Å². The maximum Gasteiger partial charge on any atom is 0.191 e. The smallest absolute Gasteiger partial charge is 0.191 e. The fourth-order valence-corrected chi connectivity index (χ4v) is 2.40. The zero-order valence-electron chi connectivity index (χ0n) is 15.5. The van der Waals surface area contributed by atoms with Gasteiger partial charge < -0.3 is 19.9 Å². The van der Waals surface area contributed by atoms with Crippen molar-refractivity contribution in [1.29, 1.82) is 0 Å². The Kier molecular flexibility index (Phi) is 8.45. The highest BCUT2D eigenvalue weighted by Crippen LogP contribution is 2.15. The van der Waals surface area contributed by atoms with Crippen LogP contribution in [0.1, 0.15) is 26.7 Å². The van der Waals surface area contributed by atoms with E-state index in [1.54, 1.807) is 18.3 Å². The molecule has 2 aromatic rings. The molecule has 142 valence electrons. The standard InChI is InChI=1S/C19H28FN5O/c1-3-17(26-18-8-5-7-16(20)13-18)14-24-19(22-4-2)23-9-6-11-25-12-10-21-15-25/h5,7-8,10,12-13,15,17H,3-4,6,9,11,14H2,1-2H3,(H2,22,23,24). The molecule has 6 nitrogen and oxygen atoms in total. The van der Waals surface area contributed by atoms with Gasteiger partial charge in [-0.15, -0.1) is 0 Å². The van der Waals surface area contributed by atoms with E-state index in [0.29, 0.717) is 12.3 Å². The summed E-state index contributed by atoms with van der Waals surface area (Å²) in [5, 5.41) is 6.56. The van der Waals surface area contributed by atoms with Gasteiger partial charge in [0.05, 0.1) is 12.9 Å². The SMILES string of the molecule is CCNC(=NCC(CC)Oc1cccc(F)c1)NCCCn1ccnc1. The molecule has 1 unspecified atom stereocenters. The number of rotatable bonds is 10. The van der Waals surface area contributed by atoms with E-state index < -0.39 is 0 Å². The van der Waals surface area contributed by atoms with Crippen molar-refractivity contribution in [3.63, 3.8) is 0 Å². The number of nitrogens with zero attached hydrogens (tertiary/aromatic N) is 3. The second-order valence-electron chi connectivity index (χ2n) is 5.91. The molecular formula is C19H28FN5O. The topological polar surface area (TPSA) is 63.5 Å². The lowest BCUT2D eigenvalue weighted by molar-refractivity contribution is 0.205. The Labute approximate surface area is 154 Å². The van der Waals surface area contributed by atoms with Gasteiger partial charge >= 0.3 is 0 Å². The second kappa shape index (κ2) is 11.1. The number of nitrogens with one attached hydrogen (secondary N) is 2. The van der Waals surface area contributed by atoms with Crippen molar-refractivity contribution >= 4 is 5.96 Å². The molecule has 7 heteroatoms. The van der Waals surface area contributed by atoms with E-state index >= 15 is 0 Å². The van der Waals surface area contributed by atoms with Crippen molar-refractivity contribution in [3.8, 4) is 5.75 Å². The largest absolute Gasteiger partial charge is 0.488 e. The van der Waals surface area contributed by atoms with Gasteiger partial charge in [0.2, 0.25) is 0 Å². The van der Waals surface area contributed by atoms with Crippen LogP contribution in [0.2, 0.25) is 0 Å². The zero-order valence-corrected chi connectivity index (χ0v) is 15.5. The van der Waals surface area contributed by atoms with E-state index in [-0.39, 0.29) is 11.9 Å². The van der Waals surface area contributed by atoms with Gasteiger partial charge in [0.1, 0.15) is 17.7 Å². The van der Waals surface area contributed by atoms with Gasteiger partial charge in [-0.25, -0.2) is 14.4 Å². The summed E-state index contributed by atoms with van der Waals surface area (Å²) in [4.78, 5) is 8.63. The van der Waals surface area contributed by atoms with Crippen LogP contribution in [0.5, 0.6) is 5.75 Å². The summed E-state index contributed by atoms with van der Waals surface area (Å²) in [6.45, 7) is 7.07. The fourth-order valence-electron chi connectivity index (χ4n) is 2.40. The van der Waals surface area contributed by atoms with Crippen molar-refractivity contribution in [1.82, 2.24) is 20.2 Å². The fraction of sp³-hybridized carbons (Fsp3) is 0.474. The first-order chi connectivity index (χ1) is 12.7. The van der Waals surface area contributed by atoms with Gasteiger partial charge in [0.25, 0.3) is 0 Å². The third-order valence-corrected chi connectivity index (χ3v) is 3.80. The molecule has 1 aromatic carbocycles. The number of hydrogen-bond acceptors (Lipinski definition) is 3.